The lowest BCUT2D eigenvalue weighted by Gasteiger charge is -2.09. The average molecular weight is 378 g/mol. The number of nitrogens with one attached hydrogen (secondary N) is 2. The van der Waals surface area contributed by atoms with E-state index in [0.717, 1.165) is 11.3 Å². The molecule has 0 heterocycles. The van der Waals surface area contributed by atoms with Gasteiger partial charge in [-0.1, -0.05) is 17.7 Å². The van der Waals surface area contributed by atoms with Crippen molar-refractivity contribution in [2.24, 2.45) is 0 Å². The minimum absolute atomic E-state index is 0.124. The number of hydrogen-bond donors (Lipinski definition) is 2. The second-order valence-corrected chi connectivity index (χ2v) is 7.28. The van der Waals surface area contributed by atoms with Gasteiger partial charge in [-0.2, -0.15) is 0 Å². The minimum atomic E-state index is -3.71. The van der Waals surface area contributed by atoms with E-state index in [0.29, 0.717) is 5.75 Å². The van der Waals surface area contributed by atoms with Crippen molar-refractivity contribution in [3.63, 3.8) is 0 Å². The van der Waals surface area contributed by atoms with Crippen LogP contribution in [0.3, 0.4) is 0 Å². The van der Waals surface area contributed by atoms with E-state index in [2.05, 4.69) is 10.0 Å². The molecule has 1 amide bonds. The van der Waals surface area contributed by atoms with Crippen LogP contribution in [0.1, 0.15) is 5.56 Å². The predicted molar refractivity (Wildman–Crippen MR) is 97.9 cm³/mol. The maximum Gasteiger partial charge on any atom is 0.241 e. The van der Waals surface area contributed by atoms with Crippen LogP contribution < -0.4 is 19.5 Å². The van der Waals surface area contributed by atoms with Crippen LogP contribution in [0.15, 0.2) is 53.4 Å². The van der Waals surface area contributed by atoms with Crippen LogP contribution in [0, 0.1) is 6.92 Å². The van der Waals surface area contributed by atoms with Gasteiger partial charge in [0, 0.05) is 0 Å². The van der Waals surface area contributed by atoms with Gasteiger partial charge in [-0.15, -0.1) is 0 Å². The van der Waals surface area contributed by atoms with E-state index in [1.54, 1.807) is 43.5 Å². The van der Waals surface area contributed by atoms with Crippen LogP contribution in [0.5, 0.6) is 11.5 Å². The lowest BCUT2D eigenvalue weighted by Crippen LogP contribution is -2.38. The summed E-state index contributed by atoms with van der Waals surface area (Å²) in [5, 5.41) is 2.59. The second kappa shape index (κ2) is 9.21. The molecule has 8 heteroatoms. The van der Waals surface area contributed by atoms with Crippen molar-refractivity contribution in [3.05, 3.63) is 54.1 Å². The first-order valence-electron chi connectivity index (χ1n) is 8.00. The zero-order valence-electron chi connectivity index (χ0n) is 14.7. The summed E-state index contributed by atoms with van der Waals surface area (Å²) in [6.07, 6.45) is 0. The lowest BCUT2D eigenvalue weighted by molar-refractivity contribution is -0.120. The van der Waals surface area contributed by atoms with E-state index in [4.69, 9.17) is 9.47 Å². The van der Waals surface area contributed by atoms with Gasteiger partial charge in [0.05, 0.1) is 25.1 Å². The first-order chi connectivity index (χ1) is 12.4. The first-order valence-corrected chi connectivity index (χ1v) is 9.49. The molecule has 2 rings (SSSR count). The van der Waals surface area contributed by atoms with Gasteiger partial charge in [-0.05, 0) is 43.3 Å². The highest BCUT2D eigenvalue weighted by Gasteiger charge is 2.14. The molecule has 0 aliphatic rings. The summed E-state index contributed by atoms with van der Waals surface area (Å²) in [5.41, 5.74) is 0.957. The fraction of sp³-hybridized carbons (Fsp3) is 0.278. The smallest absolute Gasteiger partial charge is 0.241 e. The molecule has 26 heavy (non-hydrogen) atoms. The van der Waals surface area contributed by atoms with Gasteiger partial charge in [0.25, 0.3) is 0 Å². The molecule has 2 aromatic rings. The van der Waals surface area contributed by atoms with E-state index < -0.39 is 15.9 Å². The number of sulfonamides is 1. The molecule has 2 N–H and O–H groups in total. The third-order valence-corrected chi connectivity index (χ3v) is 4.92. The van der Waals surface area contributed by atoms with Gasteiger partial charge in [-0.25, -0.2) is 13.1 Å². The summed E-state index contributed by atoms with van der Waals surface area (Å²) < 4.78 is 37.0. The molecule has 7 nitrogen and oxygen atoms in total. The van der Waals surface area contributed by atoms with Crippen LogP contribution in [0.25, 0.3) is 0 Å². The normalized spacial score (nSPS) is 11.0. The van der Waals surface area contributed by atoms with Crippen molar-refractivity contribution in [1.29, 1.82) is 0 Å². The molecule has 0 saturated carbocycles. The highest BCUT2D eigenvalue weighted by atomic mass is 32.2. The lowest BCUT2D eigenvalue weighted by atomic mass is 10.2. The molecule has 0 spiro atoms. The zero-order valence-corrected chi connectivity index (χ0v) is 15.5. The third-order valence-electron chi connectivity index (χ3n) is 3.51. The number of amides is 1. The Kier molecular flexibility index (Phi) is 6.99. The summed E-state index contributed by atoms with van der Waals surface area (Å²) in [7, 11) is -2.12. The summed E-state index contributed by atoms with van der Waals surface area (Å²) in [6, 6.07) is 13.5. The van der Waals surface area contributed by atoms with E-state index in [-0.39, 0.29) is 24.6 Å². The molecule has 140 valence electrons. The maximum atomic E-state index is 12.1. The quantitative estimate of drug-likeness (QED) is 0.645. The van der Waals surface area contributed by atoms with E-state index in [9.17, 15) is 13.2 Å². The monoisotopic (exact) mass is 378 g/mol. The second-order valence-electron chi connectivity index (χ2n) is 5.51. The van der Waals surface area contributed by atoms with Crippen molar-refractivity contribution in [2.75, 3.05) is 26.8 Å². The molecule has 0 aliphatic carbocycles. The Labute approximate surface area is 153 Å². The van der Waals surface area contributed by atoms with E-state index in [1.807, 2.05) is 6.92 Å². The predicted octanol–water partition coefficient (Wildman–Crippen LogP) is 1.48. The Hall–Kier alpha value is -2.58. The van der Waals surface area contributed by atoms with Crippen LogP contribution in [0.4, 0.5) is 0 Å². The number of hydrogen-bond acceptors (Lipinski definition) is 5. The Morgan fingerprint density at radius 1 is 1.00 bits per heavy atom. The molecule has 0 atom stereocenters. The van der Waals surface area contributed by atoms with Gasteiger partial charge >= 0.3 is 0 Å². The Balaban J connectivity index is 1.70. The van der Waals surface area contributed by atoms with Crippen molar-refractivity contribution >= 4 is 15.9 Å². The SMILES string of the molecule is COc1ccc(OCCNC(=O)CNS(=O)(=O)c2ccc(C)cc2)cc1. The summed E-state index contributed by atoms with van der Waals surface area (Å²) in [5.74, 6) is 0.950. The molecule has 0 aromatic heterocycles. The minimum Gasteiger partial charge on any atom is -0.497 e. The molecule has 0 aliphatic heterocycles. The molecular formula is C18H22N2O5S. The molecule has 0 radical (unpaired) electrons. The fourth-order valence-corrected chi connectivity index (χ4v) is 3.04. The zero-order chi connectivity index (χ0) is 19.0. The fourth-order valence-electron chi connectivity index (χ4n) is 2.06. The summed E-state index contributed by atoms with van der Waals surface area (Å²) >= 11 is 0. The van der Waals surface area contributed by atoms with Gasteiger partial charge in [0.1, 0.15) is 18.1 Å². The topological polar surface area (TPSA) is 93.7 Å². The maximum absolute atomic E-state index is 12.1. The van der Waals surface area contributed by atoms with Crippen molar-refractivity contribution < 1.29 is 22.7 Å². The van der Waals surface area contributed by atoms with E-state index in [1.165, 1.54) is 12.1 Å². The Bertz CT molecular complexity index is 818. The summed E-state index contributed by atoms with van der Waals surface area (Å²) in [6.45, 7) is 2.06. The standard InChI is InChI=1S/C18H22N2O5S/c1-14-3-9-17(10-4-14)26(22,23)20-13-18(21)19-11-12-25-16-7-5-15(24-2)6-8-16/h3-10,20H,11-13H2,1-2H3,(H,19,21). The number of benzene rings is 2. The third kappa shape index (κ3) is 6.05. The largest absolute Gasteiger partial charge is 0.497 e. The molecule has 0 fully saturated rings. The molecule has 0 bridgehead atoms. The Morgan fingerprint density at radius 2 is 1.62 bits per heavy atom. The number of ether oxygens (including phenoxy) is 2. The van der Waals surface area contributed by atoms with Gasteiger partial charge < -0.3 is 14.8 Å². The highest BCUT2D eigenvalue weighted by Crippen LogP contribution is 2.16. The van der Waals surface area contributed by atoms with Crippen molar-refractivity contribution in [2.45, 2.75) is 11.8 Å². The molecule has 0 unspecified atom stereocenters. The highest BCUT2D eigenvalue weighted by molar-refractivity contribution is 7.89. The number of carbonyl (C=O) groups is 1. The van der Waals surface area contributed by atoms with Gasteiger partial charge in [0.2, 0.25) is 15.9 Å². The number of rotatable bonds is 9. The van der Waals surface area contributed by atoms with Crippen LogP contribution >= 0.6 is 0 Å². The van der Waals surface area contributed by atoms with Crippen LogP contribution in [0.2, 0.25) is 0 Å². The van der Waals surface area contributed by atoms with Gasteiger partial charge in [0.15, 0.2) is 0 Å². The van der Waals surface area contributed by atoms with Crippen molar-refractivity contribution in [3.8, 4) is 11.5 Å². The van der Waals surface area contributed by atoms with E-state index >= 15 is 0 Å². The number of aryl methyl sites for hydroxylation is 1. The number of carbonyl (C=O) groups excluding carboxylic acids is 1. The first kappa shape index (κ1) is 19.7. The molecule has 2 aromatic carbocycles. The molecule has 0 saturated heterocycles. The molecular weight excluding hydrogens is 356 g/mol. The summed E-state index contributed by atoms with van der Waals surface area (Å²) in [4.78, 5) is 11.9. The Morgan fingerprint density at radius 3 is 2.23 bits per heavy atom. The van der Waals surface area contributed by atoms with Crippen LogP contribution in [-0.4, -0.2) is 41.1 Å². The average Bonchev–Trinajstić information content (AvgIpc) is 2.64. The number of methoxy groups -OCH3 is 1. The van der Waals surface area contributed by atoms with Gasteiger partial charge in [-0.3, -0.25) is 4.79 Å². The van der Waals surface area contributed by atoms with Crippen molar-refractivity contribution in [1.82, 2.24) is 10.0 Å². The van der Waals surface area contributed by atoms with Crippen LogP contribution in [-0.2, 0) is 14.8 Å².